The van der Waals surface area contributed by atoms with Crippen LogP contribution < -0.4 is 4.74 Å². The van der Waals surface area contributed by atoms with Crippen LogP contribution in [0.4, 0.5) is 0 Å². The molecule has 32 heavy (non-hydrogen) atoms. The van der Waals surface area contributed by atoms with E-state index in [2.05, 4.69) is 58.0 Å². The summed E-state index contributed by atoms with van der Waals surface area (Å²) in [5, 5.41) is 0. The number of hydrogen-bond acceptors (Lipinski definition) is 4. The van der Waals surface area contributed by atoms with Gasteiger partial charge in [-0.25, -0.2) is 0 Å². The van der Waals surface area contributed by atoms with Gasteiger partial charge in [-0.3, -0.25) is 4.79 Å². The van der Waals surface area contributed by atoms with Crippen LogP contribution in [-0.2, 0) is 37.1 Å². The van der Waals surface area contributed by atoms with Crippen LogP contribution in [0.2, 0.25) is 0 Å². The lowest BCUT2D eigenvalue weighted by Gasteiger charge is -2.42. The predicted molar refractivity (Wildman–Crippen MR) is 126 cm³/mol. The minimum absolute atomic E-state index is 0.172. The molecule has 0 N–H and O–H groups in total. The Kier molecular flexibility index (Phi) is 6.10. The third-order valence-electron chi connectivity index (χ3n) is 7.33. The summed E-state index contributed by atoms with van der Waals surface area (Å²) in [6.45, 7) is 13.3. The zero-order valence-corrected chi connectivity index (χ0v) is 20.1. The lowest BCUT2D eigenvalue weighted by atomic mass is 9.63. The average Bonchev–Trinajstić information content (AvgIpc) is 2.73. The summed E-state index contributed by atoms with van der Waals surface area (Å²) < 4.78 is 16.7. The monoisotopic (exact) mass is 436 g/mol. The molecule has 1 heterocycles. The largest absolute Gasteiger partial charge is 0.489 e. The Hall–Kier alpha value is -2.33. The first-order valence-electron chi connectivity index (χ1n) is 11.8. The SMILES string of the molecule is CCOC(=O)CC1(c2ccc(OCc3ccc4c(c3)C(C)(C)CCC4(C)C)cc2)COC1. The van der Waals surface area contributed by atoms with Crippen LogP contribution in [0, 0.1) is 0 Å². The minimum Gasteiger partial charge on any atom is -0.489 e. The van der Waals surface area contributed by atoms with Gasteiger partial charge in [-0.05, 0) is 65.0 Å². The lowest BCUT2D eigenvalue weighted by Crippen LogP contribution is -2.48. The normalized spacial score (nSPS) is 20.0. The molecular formula is C28H36O4. The number of carbonyl (C=O) groups is 1. The third kappa shape index (κ3) is 4.43. The molecule has 0 unspecified atom stereocenters. The fourth-order valence-electron chi connectivity index (χ4n) is 5.00. The smallest absolute Gasteiger partial charge is 0.306 e. The molecule has 0 bridgehead atoms. The van der Waals surface area contributed by atoms with Gasteiger partial charge in [0.15, 0.2) is 0 Å². The molecule has 4 heteroatoms. The van der Waals surface area contributed by atoms with E-state index >= 15 is 0 Å². The van der Waals surface area contributed by atoms with Crippen molar-refractivity contribution in [2.45, 2.75) is 76.7 Å². The number of esters is 1. The first kappa shape index (κ1) is 22.8. The molecule has 2 aliphatic rings. The Morgan fingerprint density at radius 2 is 1.59 bits per heavy atom. The maximum Gasteiger partial charge on any atom is 0.306 e. The Bertz CT molecular complexity index is 967. The van der Waals surface area contributed by atoms with Gasteiger partial charge in [-0.1, -0.05) is 58.0 Å². The van der Waals surface area contributed by atoms with Gasteiger partial charge in [0.25, 0.3) is 0 Å². The first-order valence-corrected chi connectivity index (χ1v) is 11.8. The molecule has 0 aromatic heterocycles. The second-order valence-electron chi connectivity index (χ2n) is 10.7. The molecule has 1 aliphatic carbocycles. The number of ether oxygens (including phenoxy) is 3. The number of carbonyl (C=O) groups excluding carboxylic acids is 1. The van der Waals surface area contributed by atoms with Crippen molar-refractivity contribution in [2.24, 2.45) is 0 Å². The van der Waals surface area contributed by atoms with E-state index in [1.54, 1.807) is 0 Å². The van der Waals surface area contributed by atoms with E-state index in [0.29, 0.717) is 32.8 Å². The fourth-order valence-corrected chi connectivity index (χ4v) is 5.00. The van der Waals surface area contributed by atoms with Gasteiger partial charge < -0.3 is 14.2 Å². The Morgan fingerprint density at radius 3 is 2.19 bits per heavy atom. The molecule has 1 aliphatic heterocycles. The highest BCUT2D eigenvalue weighted by molar-refractivity contribution is 5.72. The van der Waals surface area contributed by atoms with Gasteiger partial charge in [0.1, 0.15) is 12.4 Å². The molecule has 1 fully saturated rings. The Morgan fingerprint density at radius 1 is 0.938 bits per heavy atom. The van der Waals surface area contributed by atoms with Gasteiger partial charge >= 0.3 is 5.97 Å². The highest BCUT2D eigenvalue weighted by Gasteiger charge is 2.42. The lowest BCUT2D eigenvalue weighted by molar-refractivity contribution is -0.151. The molecule has 0 saturated carbocycles. The summed E-state index contributed by atoms with van der Waals surface area (Å²) in [6, 6.07) is 14.9. The van der Waals surface area contributed by atoms with Crippen LogP contribution in [0.3, 0.4) is 0 Å². The van der Waals surface area contributed by atoms with Crippen LogP contribution in [-0.4, -0.2) is 25.8 Å². The molecule has 1 saturated heterocycles. The van der Waals surface area contributed by atoms with E-state index in [0.717, 1.165) is 11.3 Å². The molecule has 2 aromatic rings. The van der Waals surface area contributed by atoms with Crippen molar-refractivity contribution in [3.8, 4) is 5.75 Å². The number of benzene rings is 2. The Labute approximate surface area is 192 Å². The fraction of sp³-hybridized carbons (Fsp3) is 0.536. The second kappa shape index (κ2) is 8.55. The van der Waals surface area contributed by atoms with Crippen molar-refractivity contribution < 1.29 is 19.0 Å². The van der Waals surface area contributed by atoms with Crippen LogP contribution in [0.5, 0.6) is 5.75 Å². The third-order valence-corrected chi connectivity index (χ3v) is 7.33. The highest BCUT2D eigenvalue weighted by Crippen LogP contribution is 2.46. The predicted octanol–water partition coefficient (Wildman–Crippen LogP) is 5.84. The number of rotatable bonds is 7. The quantitative estimate of drug-likeness (QED) is 0.512. The topological polar surface area (TPSA) is 44.8 Å². The van der Waals surface area contributed by atoms with E-state index < -0.39 is 0 Å². The number of hydrogen-bond donors (Lipinski definition) is 0. The molecule has 0 amide bonds. The highest BCUT2D eigenvalue weighted by atomic mass is 16.5. The molecule has 172 valence electrons. The van der Waals surface area contributed by atoms with Crippen LogP contribution in [0.25, 0.3) is 0 Å². The molecule has 0 radical (unpaired) electrons. The van der Waals surface area contributed by atoms with Crippen molar-refractivity contribution in [1.29, 1.82) is 0 Å². The second-order valence-corrected chi connectivity index (χ2v) is 10.7. The van der Waals surface area contributed by atoms with Crippen LogP contribution in [0.1, 0.15) is 76.1 Å². The maximum absolute atomic E-state index is 12.0. The average molecular weight is 437 g/mol. The summed E-state index contributed by atoms with van der Waals surface area (Å²) >= 11 is 0. The van der Waals surface area contributed by atoms with E-state index in [-0.39, 0.29) is 22.2 Å². The van der Waals surface area contributed by atoms with Gasteiger partial charge in [0.2, 0.25) is 0 Å². The van der Waals surface area contributed by atoms with Gasteiger partial charge in [-0.15, -0.1) is 0 Å². The summed E-state index contributed by atoms with van der Waals surface area (Å²) in [5.41, 5.74) is 5.37. The summed E-state index contributed by atoms with van der Waals surface area (Å²) in [6.07, 6.45) is 2.77. The Balaban J connectivity index is 1.45. The molecule has 0 atom stereocenters. The van der Waals surface area contributed by atoms with Gasteiger partial charge in [-0.2, -0.15) is 0 Å². The zero-order valence-electron chi connectivity index (χ0n) is 20.1. The van der Waals surface area contributed by atoms with Crippen LogP contribution >= 0.6 is 0 Å². The van der Waals surface area contributed by atoms with Crippen molar-refractivity contribution in [2.75, 3.05) is 19.8 Å². The number of fused-ring (bicyclic) bond motifs is 1. The van der Waals surface area contributed by atoms with Crippen molar-refractivity contribution in [3.63, 3.8) is 0 Å². The molecular weight excluding hydrogens is 400 g/mol. The molecule has 4 nitrogen and oxygen atoms in total. The summed E-state index contributed by atoms with van der Waals surface area (Å²) in [4.78, 5) is 12.0. The van der Waals surface area contributed by atoms with E-state index in [1.807, 2.05) is 19.1 Å². The molecule has 2 aromatic carbocycles. The van der Waals surface area contributed by atoms with Crippen LogP contribution in [0.15, 0.2) is 42.5 Å². The van der Waals surface area contributed by atoms with E-state index in [1.165, 1.54) is 29.5 Å². The summed E-state index contributed by atoms with van der Waals surface area (Å²) in [5.74, 6) is 0.659. The van der Waals surface area contributed by atoms with Crippen molar-refractivity contribution in [1.82, 2.24) is 0 Å². The van der Waals surface area contributed by atoms with E-state index in [9.17, 15) is 4.79 Å². The van der Waals surface area contributed by atoms with Crippen molar-refractivity contribution >= 4 is 5.97 Å². The minimum atomic E-state index is -0.276. The maximum atomic E-state index is 12.0. The molecule has 0 spiro atoms. The first-order chi connectivity index (χ1) is 15.2. The van der Waals surface area contributed by atoms with E-state index in [4.69, 9.17) is 14.2 Å². The van der Waals surface area contributed by atoms with Gasteiger partial charge in [0.05, 0.1) is 31.7 Å². The summed E-state index contributed by atoms with van der Waals surface area (Å²) in [7, 11) is 0. The standard InChI is InChI=1S/C28H36O4/c1-6-31-25(29)16-28(18-30-19-28)21-8-10-22(11-9-21)32-17-20-7-12-23-24(15-20)27(4,5)14-13-26(23,2)3/h7-12,15H,6,13-14,16-19H2,1-5H3. The molecule has 4 rings (SSSR count). The van der Waals surface area contributed by atoms with Crippen molar-refractivity contribution in [3.05, 3.63) is 64.7 Å². The zero-order chi connectivity index (χ0) is 23.0. The van der Waals surface area contributed by atoms with Gasteiger partial charge in [0, 0.05) is 0 Å².